The highest BCUT2D eigenvalue weighted by atomic mass is 16.6. The van der Waals surface area contributed by atoms with Crippen LogP contribution in [0.1, 0.15) is 5.69 Å². The molecule has 0 saturated heterocycles. The zero-order valence-electron chi connectivity index (χ0n) is 11.2. The van der Waals surface area contributed by atoms with Crippen molar-refractivity contribution in [2.45, 2.75) is 6.42 Å². The maximum absolute atomic E-state index is 11.1. The number of aromatic nitrogens is 4. The summed E-state index contributed by atoms with van der Waals surface area (Å²) in [6, 6.07) is 1.90. The van der Waals surface area contributed by atoms with Crippen LogP contribution in [0.3, 0.4) is 0 Å². The number of hydrogen-bond donors (Lipinski definition) is 2. The Hall–Kier alpha value is -2.71. The lowest BCUT2D eigenvalue weighted by atomic mass is 10.3. The smallest absolute Gasteiger partial charge is 0.353 e. The molecule has 2 aromatic heterocycles. The van der Waals surface area contributed by atoms with Crippen LogP contribution in [0.15, 0.2) is 18.6 Å². The molecule has 0 amide bonds. The van der Waals surface area contributed by atoms with E-state index in [-0.39, 0.29) is 17.3 Å². The van der Waals surface area contributed by atoms with Crippen LogP contribution in [0, 0.1) is 10.1 Å². The molecule has 0 spiro atoms. The van der Waals surface area contributed by atoms with E-state index in [1.54, 1.807) is 17.9 Å². The van der Waals surface area contributed by atoms with E-state index < -0.39 is 4.92 Å². The van der Waals surface area contributed by atoms with E-state index in [0.29, 0.717) is 13.0 Å². The minimum Gasteiger partial charge on any atom is -0.367 e. The molecule has 0 radical (unpaired) electrons. The summed E-state index contributed by atoms with van der Waals surface area (Å²) in [4.78, 5) is 18.3. The molecule has 2 N–H and O–H groups in total. The van der Waals surface area contributed by atoms with Crippen LogP contribution in [0.4, 0.5) is 17.3 Å². The predicted molar refractivity (Wildman–Crippen MR) is 73.6 cm³/mol. The lowest BCUT2D eigenvalue weighted by molar-refractivity contribution is -0.383. The monoisotopic (exact) mass is 277 g/mol. The summed E-state index contributed by atoms with van der Waals surface area (Å²) in [5.41, 5.74) is 0.878. The molecule has 20 heavy (non-hydrogen) atoms. The standard InChI is InChI=1S/C11H15N7O2/c1-12-10-9(18(19)20)11(15-7-14-10)13-5-3-8-4-6-16-17(8)2/h4,6-7H,3,5H2,1-2H3,(H2,12,13,14,15). The highest BCUT2D eigenvalue weighted by Crippen LogP contribution is 2.28. The molecule has 0 unspecified atom stereocenters. The lowest BCUT2D eigenvalue weighted by Crippen LogP contribution is -2.12. The zero-order chi connectivity index (χ0) is 14.5. The molecule has 0 aliphatic rings. The van der Waals surface area contributed by atoms with Crippen molar-refractivity contribution in [1.82, 2.24) is 19.7 Å². The first-order valence-corrected chi connectivity index (χ1v) is 6.01. The summed E-state index contributed by atoms with van der Waals surface area (Å²) in [5, 5.41) is 20.8. The first-order valence-electron chi connectivity index (χ1n) is 6.01. The van der Waals surface area contributed by atoms with Crippen LogP contribution < -0.4 is 10.6 Å². The summed E-state index contributed by atoms with van der Waals surface area (Å²) < 4.78 is 1.76. The average Bonchev–Trinajstić information content (AvgIpc) is 2.84. The molecule has 0 saturated carbocycles. The van der Waals surface area contributed by atoms with Crippen LogP contribution >= 0.6 is 0 Å². The Morgan fingerprint density at radius 2 is 2.15 bits per heavy atom. The highest BCUT2D eigenvalue weighted by Gasteiger charge is 2.21. The Morgan fingerprint density at radius 1 is 1.40 bits per heavy atom. The van der Waals surface area contributed by atoms with Gasteiger partial charge in [0.25, 0.3) is 0 Å². The van der Waals surface area contributed by atoms with Crippen LogP contribution in [-0.4, -0.2) is 38.3 Å². The van der Waals surface area contributed by atoms with E-state index in [0.717, 1.165) is 5.69 Å². The van der Waals surface area contributed by atoms with Crippen molar-refractivity contribution in [1.29, 1.82) is 0 Å². The molecular formula is C11H15N7O2. The van der Waals surface area contributed by atoms with Crippen molar-refractivity contribution >= 4 is 17.3 Å². The average molecular weight is 277 g/mol. The largest absolute Gasteiger partial charge is 0.367 e. The van der Waals surface area contributed by atoms with Gasteiger partial charge in [0, 0.05) is 39.0 Å². The van der Waals surface area contributed by atoms with E-state index >= 15 is 0 Å². The third-order valence-corrected chi connectivity index (χ3v) is 2.84. The van der Waals surface area contributed by atoms with Crippen molar-refractivity contribution < 1.29 is 4.92 Å². The van der Waals surface area contributed by atoms with Gasteiger partial charge in [0.05, 0.1) is 4.92 Å². The number of nitro groups is 1. The van der Waals surface area contributed by atoms with Gasteiger partial charge < -0.3 is 10.6 Å². The van der Waals surface area contributed by atoms with Gasteiger partial charge in [-0.1, -0.05) is 0 Å². The molecule has 0 aliphatic heterocycles. The Morgan fingerprint density at radius 3 is 2.75 bits per heavy atom. The quantitative estimate of drug-likeness (QED) is 0.593. The van der Waals surface area contributed by atoms with Gasteiger partial charge in [-0.05, 0) is 6.07 Å². The topological polar surface area (TPSA) is 111 Å². The number of nitrogens with one attached hydrogen (secondary N) is 2. The van der Waals surface area contributed by atoms with Gasteiger partial charge >= 0.3 is 5.69 Å². The molecule has 0 aromatic carbocycles. The van der Waals surface area contributed by atoms with Gasteiger partial charge in [-0.15, -0.1) is 0 Å². The molecule has 0 aliphatic carbocycles. The van der Waals surface area contributed by atoms with Gasteiger partial charge in [-0.2, -0.15) is 5.10 Å². The number of nitrogens with zero attached hydrogens (tertiary/aromatic N) is 5. The van der Waals surface area contributed by atoms with E-state index in [1.807, 2.05) is 13.1 Å². The fraction of sp³-hybridized carbons (Fsp3) is 0.364. The minimum atomic E-state index is -0.502. The second kappa shape index (κ2) is 5.95. The van der Waals surface area contributed by atoms with Gasteiger partial charge in [0.1, 0.15) is 6.33 Å². The summed E-state index contributed by atoms with van der Waals surface area (Å²) in [6.45, 7) is 0.514. The van der Waals surface area contributed by atoms with E-state index in [1.165, 1.54) is 6.33 Å². The van der Waals surface area contributed by atoms with Crippen LogP contribution in [0.25, 0.3) is 0 Å². The highest BCUT2D eigenvalue weighted by molar-refractivity contribution is 5.68. The molecule has 106 valence electrons. The zero-order valence-corrected chi connectivity index (χ0v) is 11.2. The first-order chi connectivity index (χ1) is 9.63. The number of hydrogen-bond acceptors (Lipinski definition) is 7. The van der Waals surface area contributed by atoms with E-state index in [2.05, 4.69) is 25.7 Å². The molecule has 2 heterocycles. The first kappa shape index (κ1) is 13.7. The van der Waals surface area contributed by atoms with Crippen molar-refractivity contribution in [3.05, 3.63) is 34.4 Å². The molecule has 2 rings (SSSR count). The van der Waals surface area contributed by atoms with Gasteiger partial charge in [0.2, 0.25) is 11.6 Å². The van der Waals surface area contributed by atoms with E-state index in [9.17, 15) is 10.1 Å². The van der Waals surface area contributed by atoms with Crippen LogP contribution in [0.5, 0.6) is 0 Å². The second-order valence-electron chi connectivity index (χ2n) is 4.05. The number of anilines is 2. The summed E-state index contributed by atoms with van der Waals surface area (Å²) in [5.74, 6) is 0.393. The molecule has 0 fully saturated rings. The second-order valence-corrected chi connectivity index (χ2v) is 4.05. The lowest BCUT2D eigenvalue weighted by Gasteiger charge is -2.08. The normalized spacial score (nSPS) is 10.3. The third-order valence-electron chi connectivity index (χ3n) is 2.84. The van der Waals surface area contributed by atoms with Crippen molar-refractivity contribution in [3.8, 4) is 0 Å². The molecule has 0 bridgehead atoms. The Kier molecular flexibility index (Phi) is 4.08. The number of rotatable bonds is 6. The molecule has 9 nitrogen and oxygen atoms in total. The predicted octanol–water partition coefficient (Wildman–Crippen LogP) is 0.815. The fourth-order valence-electron chi connectivity index (χ4n) is 1.82. The summed E-state index contributed by atoms with van der Waals surface area (Å²) >= 11 is 0. The summed E-state index contributed by atoms with van der Waals surface area (Å²) in [6.07, 6.45) is 3.68. The molecule has 2 aromatic rings. The van der Waals surface area contributed by atoms with Crippen molar-refractivity contribution in [2.75, 3.05) is 24.2 Å². The Bertz CT molecular complexity index is 611. The van der Waals surface area contributed by atoms with E-state index in [4.69, 9.17) is 0 Å². The maximum atomic E-state index is 11.1. The molecule has 9 heteroatoms. The Balaban J connectivity index is 2.09. The van der Waals surface area contributed by atoms with Crippen LogP contribution in [0.2, 0.25) is 0 Å². The van der Waals surface area contributed by atoms with Crippen LogP contribution in [-0.2, 0) is 13.5 Å². The SMILES string of the molecule is CNc1ncnc(NCCc2ccnn2C)c1[N+](=O)[O-]. The van der Waals surface area contributed by atoms with Crippen molar-refractivity contribution in [2.24, 2.45) is 7.05 Å². The maximum Gasteiger partial charge on any atom is 0.353 e. The molecule has 0 atom stereocenters. The minimum absolute atomic E-state index is 0.153. The molecular weight excluding hydrogens is 262 g/mol. The fourth-order valence-corrected chi connectivity index (χ4v) is 1.82. The Labute approximate surface area is 115 Å². The third kappa shape index (κ3) is 2.82. The van der Waals surface area contributed by atoms with Crippen molar-refractivity contribution in [3.63, 3.8) is 0 Å². The van der Waals surface area contributed by atoms with Gasteiger partial charge in [-0.25, -0.2) is 9.97 Å². The van der Waals surface area contributed by atoms with Gasteiger partial charge in [-0.3, -0.25) is 14.8 Å². The summed E-state index contributed by atoms with van der Waals surface area (Å²) in [7, 11) is 3.43. The van der Waals surface area contributed by atoms with Gasteiger partial charge in [0.15, 0.2) is 0 Å². The number of aryl methyl sites for hydroxylation is 1.